The summed E-state index contributed by atoms with van der Waals surface area (Å²) in [6.07, 6.45) is -8.90. The maximum atomic E-state index is 13.1. The van der Waals surface area contributed by atoms with Crippen molar-refractivity contribution in [2.45, 2.75) is 12.4 Å². The summed E-state index contributed by atoms with van der Waals surface area (Å²) in [5, 5.41) is 0. The highest BCUT2D eigenvalue weighted by Gasteiger charge is 2.40. The summed E-state index contributed by atoms with van der Waals surface area (Å²) in [5.74, 6) is 0. The number of alkyl halides is 6. The fraction of sp³-hybridized carbons (Fsp3) is 0.0769. The van der Waals surface area contributed by atoms with Crippen molar-refractivity contribution >= 4 is 34.1 Å². The van der Waals surface area contributed by atoms with Crippen LogP contribution in [0.3, 0.4) is 0 Å². The van der Waals surface area contributed by atoms with E-state index in [0.29, 0.717) is 34.1 Å². The van der Waals surface area contributed by atoms with Gasteiger partial charge < -0.3 is 0 Å². The Morgan fingerprint density at radius 1 is 0.500 bits per heavy atom. The minimum Gasteiger partial charge on any atom is -0.299 e. The Kier molecular flexibility index (Phi) is 5.13. The van der Waals surface area contributed by atoms with E-state index >= 15 is 0 Å². The third-order valence-corrected chi connectivity index (χ3v) is 5.63. The van der Waals surface area contributed by atoms with Crippen LogP contribution in [0.2, 0.25) is 0 Å². The van der Waals surface area contributed by atoms with Crippen LogP contribution in [0.4, 0.5) is 60.5 Å². The van der Waals surface area contributed by atoms with Crippen molar-refractivity contribution in [3.05, 3.63) is 108 Å². The first kappa shape index (κ1) is 22.0. The third kappa shape index (κ3) is 3.80. The molecule has 0 bridgehead atoms. The molecule has 0 aromatic heterocycles. The molecule has 0 saturated heterocycles. The first-order chi connectivity index (χ1) is 16.1. The molecule has 1 aliphatic rings. The zero-order valence-electron chi connectivity index (χ0n) is 17.4. The van der Waals surface area contributed by atoms with Crippen LogP contribution in [0, 0.1) is 0 Å². The van der Waals surface area contributed by atoms with Crippen molar-refractivity contribution in [1.82, 2.24) is 4.90 Å². The average molecular weight is 470 g/mol. The van der Waals surface area contributed by atoms with Gasteiger partial charge in [0, 0.05) is 30.0 Å². The van der Waals surface area contributed by atoms with Crippen LogP contribution in [0.1, 0.15) is 11.1 Å². The van der Waals surface area contributed by atoms with Crippen LogP contribution in [-0.2, 0) is 12.4 Å². The standard InChI is InChI=1S/C26H16F6N2/c27-25(28,29)17-9-13-19(14-10-17)33-21-5-1-2-6-22(21)34(24-8-4-3-7-23(24)33)20-15-11-18(12-16-20)26(30,31)32/h1-16H/q+1. The largest absolute Gasteiger partial charge is 0.416 e. The van der Waals surface area contributed by atoms with Gasteiger partial charge in [-0.2, -0.15) is 26.3 Å². The summed E-state index contributed by atoms with van der Waals surface area (Å²) in [4.78, 5) is 3.68. The van der Waals surface area contributed by atoms with Gasteiger partial charge in [-0.3, -0.25) is 4.90 Å². The lowest BCUT2D eigenvalue weighted by atomic mass is 10.0. The SMILES string of the molecule is FC(F)(F)c1ccc(N2c3ccccc3[N+](c3ccc(C(F)(F)F)cc3)c3ccccc32)cc1. The highest BCUT2D eigenvalue weighted by molar-refractivity contribution is 5.96. The van der Waals surface area contributed by atoms with Crippen molar-refractivity contribution in [3.63, 3.8) is 0 Å². The van der Waals surface area contributed by atoms with E-state index < -0.39 is 23.5 Å². The minimum absolute atomic E-state index is 0.528. The van der Waals surface area contributed by atoms with E-state index in [2.05, 4.69) is 0 Å². The van der Waals surface area contributed by atoms with Gasteiger partial charge in [-0.15, -0.1) is 0 Å². The molecule has 0 spiro atoms. The molecular weight excluding hydrogens is 454 g/mol. The third-order valence-electron chi connectivity index (χ3n) is 5.63. The van der Waals surface area contributed by atoms with E-state index in [1.807, 2.05) is 34.1 Å². The molecule has 8 heteroatoms. The van der Waals surface area contributed by atoms with Crippen molar-refractivity contribution in [3.8, 4) is 0 Å². The lowest BCUT2D eigenvalue weighted by Crippen LogP contribution is -2.24. The lowest BCUT2D eigenvalue weighted by molar-refractivity contribution is -0.138. The van der Waals surface area contributed by atoms with Crippen LogP contribution in [0.15, 0.2) is 97.1 Å². The van der Waals surface area contributed by atoms with Gasteiger partial charge in [0.15, 0.2) is 5.69 Å². The number of benzene rings is 4. The number of anilines is 6. The summed E-state index contributed by atoms with van der Waals surface area (Å²) in [6.45, 7) is 0. The van der Waals surface area contributed by atoms with E-state index in [1.54, 1.807) is 24.3 Å². The van der Waals surface area contributed by atoms with Gasteiger partial charge >= 0.3 is 12.4 Å². The Morgan fingerprint density at radius 3 is 1.35 bits per heavy atom. The second-order valence-corrected chi connectivity index (χ2v) is 7.74. The monoisotopic (exact) mass is 470 g/mol. The molecule has 0 N–H and O–H groups in total. The molecule has 1 aliphatic heterocycles. The minimum atomic E-state index is -4.45. The fourth-order valence-electron chi connectivity index (χ4n) is 4.10. The van der Waals surface area contributed by atoms with Crippen molar-refractivity contribution in [2.24, 2.45) is 0 Å². The van der Waals surface area contributed by atoms with Gasteiger partial charge in [0.1, 0.15) is 11.4 Å². The van der Waals surface area contributed by atoms with Crippen LogP contribution in [0.25, 0.3) is 0 Å². The van der Waals surface area contributed by atoms with Gasteiger partial charge in [0.2, 0.25) is 11.4 Å². The van der Waals surface area contributed by atoms with E-state index in [-0.39, 0.29) is 0 Å². The van der Waals surface area contributed by atoms with Crippen LogP contribution >= 0.6 is 0 Å². The van der Waals surface area contributed by atoms with Crippen LogP contribution in [0.5, 0.6) is 0 Å². The summed E-state index contributed by atoms with van der Waals surface area (Å²) >= 11 is 0. The van der Waals surface area contributed by atoms with Crippen LogP contribution < -0.4 is 9.80 Å². The predicted molar refractivity (Wildman–Crippen MR) is 119 cm³/mol. The Hall–Kier alpha value is -3.78. The summed E-state index contributed by atoms with van der Waals surface area (Å²) in [5.41, 5.74) is 2.28. The Morgan fingerprint density at radius 2 is 0.912 bits per heavy atom. The molecule has 0 amide bonds. The summed E-state index contributed by atoms with van der Waals surface area (Å²) in [7, 11) is 0. The number of para-hydroxylation sites is 4. The predicted octanol–water partition coefficient (Wildman–Crippen LogP) is 8.94. The number of hydrogen-bond donors (Lipinski definition) is 0. The Balaban J connectivity index is 1.66. The van der Waals surface area contributed by atoms with E-state index in [1.165, 1.54) is 24.3 Å². The quantitative estimate of drug-likeness (QED) is 0.185. The Bertz CT molecular complexity index is 1170. The second kappa shape index (κ2) is 7.92. The molecule has 0 aliphatic carbocycles. The molecule has 1 heterocycles. The molecule has 0 fully saturated rings. The molecule has 34 heavy (non-hydrogen) atoms. The summed E-state index contributed by atoms with van der Waals surface area (Å²) in [6, 6.07) is 24.2. The maximum absolute atomic E-state index is 13.1. The smallest absolute Gasteiger partial charge is 0.299 e. The number of nitrogens with zero attached hydrogens (tertiary/aromatic N) is 2. The fourth-order valence-corrected chi connectivity index (χ4v) is 4.10. The Labute approximate surface area is 191 Å². The highest BCUT2D eigenvalue weighted by atomic mass is 19.4. The van der Waals surface area contributed by atoms with E-state index in [0.717, 1.165) is 24.3 Å². The zero-order valence-corrected chi connectivity index (χ0v) is 17.4. The van der Waals surface area contributed by atoms with Gasteiger partial charge in [0.25, 0.3) is 0 Å². The van der Waals surface area contributed by atoms with Gasteiger partial charge in [-0.05, 0) is 48.5 Å². The van der Waals surface area contributed by atoms with Crippen molar-refractivity contribution in [1.29, 1.82) is 0 Å². The topological polar surface area (TPSA) is 9.14 Å². The molecule has 0 unspecified atom stereocenters. The van der Waals surface area contributed by atoms with Crippen LogP contribution in [-0.4, -0.2) is 0 Å². The molecule has 2 nitrogen and oxygen atoms in total. The lowest BCUT2D eigenvalue weighted by Gasteiger charge is -2.32. The summed E-state index contributed by atoms with van der Waals surface area (Å²) < 4.78 is 78.5. The first-order valence-electron chi connectivity index (χ1n) is 10.3. The number of halogens is 6. The van der Waals surface area contributed by atoms with E-state index in [4.69, 9.17) is 0 Å². The zero-order chi connectivity index (χ0) is 24.1. The van der Waals surface area contributed by atoms with Crippen molar-refractivity contribution in [2.75, 3.05) is 4.90 Å². The highest BCUT2D eigenvalue weighted by Crippen LogP contribution is 2.53. The molecule has 171 valence electrons. The number of rotatable bonds is 2. The van der Waals surface area contributed by atoms with E-state index in [9.17, 15) is 26.3 Å². The maximum Gasteiger partial charge on any atom is 0.416 e. The number of fused-ring (bicyclic) bond motifs is 2. The molecule has 4 aromatic carbocycles. The molecule has 4 aromatic rings. The second-order valence-electron chi connectivity index (χ2n) is 7.74. The normalized spacial score (nSPS) is 14.0. The molecular formula is C26H16F6N2+. The number of hydrogen-bond acceptors (Lipinski definition) is 2. The first-order valence-corrected chi connectivity index (χ1v) is 10.3. The van der Waals surface area contributed by atoms with Gasteiger partial charge in [-0.1, -0.05) is 29.2 Å². The average Bonchev–Trinajstić information content (AvgIpc) is 2.81. The molecule has 1 radical (unpaired) electrons. The molecule has 0 atom stereocenters. The molecule has 0 saturated carbocycles. The molecule has 5 rings (SSSR count). The van der Waals surface area contributed by atoms with Gasteiger partial charge in [0.05, 0.1) is 11.1 Å². The van der Waals surface area contributed by atoms with Gasteiger partial charge in [-0.25, -0.2) is 0 Å². The van der Waals surface area contributed by atoms with Crippen molar-refractivity contribution < 1.29 is 26.3 Å².